The van der Waals surface area contributed by atoms with E-state index in [9.17, 15) is 9.90 Å². The second kappa shape index (κ2) is 5.62. The number of fused-ring (bicyclic) bond motifs is 1. The van der Waals surface area contributed by atoms with Gasteiger partial charge in [-0.1, -0.05) is 32.8 Å². The van der Waals surface area contributed by atoms with Gasteiger partial charge in [-0.15, -0.1) is 0 Å². The largest absolute Gasteiger partial charge is 0.463 e. The van der Waals surface area contributed by atoms with E-state index >= 15 is 0 Å². The van der Waals surface area contributed by atoms with Crippen LogP contribution in [0.15, 0.2) is 28.9 Å². The number of rotatable bonds is 2. The molecular weight excluding hydrogens is 302 g/mol. The van der Waals surface area contributed by atoms with Crippen molar-refractivity contribution in [1.29, 1.82) is 0 Å². The van der Waals surface area contributed by atoms with Crippen molar-refractivity contribution in [3.63, 3.8) is 0 Å². The molecule has 1 aliphatic heterocycles. The number of aliphatic hydroxyl groups is 1. The Hall–Kier alpha value is -1.81. The monoisotopic (exact) mass is 327 g/mol. The third-order valence-corrected chi connectivity index (χ3v) is 5.99. The van der Waals surface area contributed by atoms with E-state index in [-0.39, 0.29) is 11.4 Å². The summed E-state index contributed by atoms with van der Waals surface area (Å²) in [6.07, 6.45) is 5.87. The standard InChI is InChI=1S/C20H25NO3/c1-13(2)14-5-6-17-15(11-14)16(12-24-17)19(23)21-10-7-18(22)20(21)8-3-4-9-20/h5-6,11-13,18,22H,3-4,7-10H2,1-2H3. The van der Waals surface area contributed by atoms with Gasteiger partial charge in [0.25, 0.3) is 5.91 Å². The maximum Gasteiger partial charge on any atom is 0.258 e. The van der Waals surface area contributed by atoms with Gasteiger partial charge in [-0.3, -0.25) is 4.79 Å². The Morgan fingerprint density at radius 2 is 2.08 bits per heavy atom. The lowest BCUT2D eigenvalue weighted by Gasteiger charge is -2.37. The molecule has 128 valence electrons. The maximum atomic E-state index is 13.3. The number of benzene rings is 1. The van der Waals surface area contributed by atoms with E-state index in [0.717, 1.165) is 36.7 Å². The molecule has 1 N–H and O–H groups in total. The molecule has 2 fully saturated rings. The molecule has 1 aromatic heterocycles. The van der Waals surface area contributed by atoms with Gasteiger partial charge in [-0.2, -0.15) is 0 Å². The van der Waals surface area contributed by atoms with Gasteiger partial charge in [0.15, 0.2) is 0 Å². The summed E-state index contributed by atoms with van der Waals surface area (Å²) in [5, 5.41) is 11.4. The summed E-state index contributed by atoms with van der Waals surface area (Å²) in [6, 6.07) is 6.08. The van der Waals surface area contributed by atoms with Gasteiger partial charge in [-0.25, -0.2) is 0 Å². The summed E-state index contributed by atoms with van der Waals surface area (Å²) in [7, 11) is 0. The van der Waals surface area contributed by atoms with Crippen LogP contribution in [0.3, 0.4) is 0 Å². The lowest BCUT2D eigenvalue weighted by Crippen LogP contribution is -2.50. The van der Waals surface area contributed by atoms with Crippen LogP contribution in [-0.2, 0) is 0 Å². The first-order valence-electron chi connectivity index (χ1n) is 9.04. The summed E-state index contributed by atoms with van der Waals surface area (Å²) in [4.78, 5) is 15.2. The van der Waals surface area contributed by atoms with Crippen LogP contribution in [0.2, 0.25) is 0 Å². The highest BCUT2D eigenvalue weighted by Crippen LogP contribution is 2.44. The first-order valence-corrected chi connectivity index (χ1v) is 9.04. The predicted octanol–water partition coefficient (Wildman–Crippen LogP) is 4.08. The Kier molecular flexibility index (Phi) is 3.68. The van der Waals surface area contributed by atoms with Crippen molar-refractivity contribution in [3.8, 4) is 0 Å². The van der Waals surface area contributed by atoms with Gasteiger partial charge in [0, 0.05) is 11.9 Å². The second-order valence-electron chi connectivity index (χ2n) is 7.63. The van der Waals surface area contributed by atoms with E-state index in [2.05, 4.69) is 26.0 Å². The number of furan rings is 1. The average Bonchev–Trinajstić information content (AvgIpc) is 3.28. The smallest absolute Gasteiger partial charge is 0.258 e. The summed E-state index contributed by atoms with van der Waals surface area (Å²) >= 11 is 0. The molecular formula is C20H25NO3. The fraction of sp³-hybridized carbons (Fsp3) is 0.550. The lowest BCUT2D eigenvalue weighted by molar-refractivity contribution is 0.0261. The van der Waals surface area contributed by atoms with Gasteiger partial charge < -0.3 is 14.4 Å². The molecule has 4 heteroatoms. The highest BCUT2D eigenvalue weighted by molar-refractivity contribution is 6.06. The molecule has 1 saturated carbocycles. The Labute approximate surface area is 142 Å². The molecule has 24 heavy (non-hydrogen) atoms. The van der Waals surface area contributed by atoms with Crippen molar-refractivity contribution in [1.82, 2.24) is 4.90 Å². The molecule has 2 heterocycles. The van der Waals surface area contributed by atoms with Crippen LogP contribution in [0.25, 0.3) is 11.0 Å². The molecule has 0 radical (unpaired) electrons. The number of likely N-dealkylation sites (tertiary alicyclic amines) is 1. The number of aliphatic hydroxyl groups excluding tert-OH is 1. The van der Waals surface area contributed by atoms with E-state index in [0.29, 0.717) is 24.4 Å². The van der Waals surface area contributed by atoms with Crippen LogP contribution >= 0.6 is 0 Å². The molecule has 1 aliphatic carbocycles. The van der Waals surface area contributed by atoms with Crippen LogP contribution in [0, 0.1) is 0 Å². The molecule has 2 aliphatic rings. The van der Waals surface area contributed by atoms with Crippen LogP contribution in [0.5, 0.6) is 0 Å². The topological polar surface area (TPSA) is 53.7 Å². The predicted molar refractivity (Wildman–Crippen MR) is 93.2 cm³/mol. The van der Waals surface area contributed by atoms with Crippen LogP contribution < -0.4 is 0 Å². The van der Waals surface area contributed by atoms with Crippen molar-refractivity contribution < 1.29 is 14.3 Å². The van der Waals surface area contributed by atoms with E-state index in [4.69, 9.17) is 4.42 Å². The van der Waals surface area contributed by atoms with E-state index < -0.39 is 6.10 Å². The van der Waals surface area contributed by atoms with Crippen LogP contribution in [0.1, 0.15) is 67.8 Å². The quantitative estimate of drug-likeness (QED) is 0.904. The third kappa shape index (κ3) is 2.20. The molecule has 1 unspecified atom stereocenters. The Morgan fingerprint density at radius 1 is 1.33 bits per heavy atom. The van der Waals surface area contributed by atoms with Crippen molar-refractivity contribution >= 4 is 16.9 Å². The first kappa shape index (κ1) is 15.7. The number of amides is 1. The molecule has 1 spiro atoms. The molecule has 4 rings (SSSR count). The normalized spacial score (nSPS) is 23.0. The zero-order chi connectivity index (χ0) is 16.9. The molecule has 4 nitrogen and oxygen atoms in total. The van der Waals surface area contributed by atoms with Crippen molar-refractivity contribution in [3.05, 3.63) is 35.6 Å². The fourth-order valence-corrected chi connectivity index (χ4v) is 4.53. The molecule has 1 aromatic carbocycles. The van der Waals surface area contributed by atoms with Crippen LogP contribution in [0.4, 0.5) is 0 Å². The maximum absolute atomic E-state index is 13.3. The number of carbonyl (C=O) groups is 1. The highest BCUT2D eigenvalue weighted by atomic mass is 16.3. The zero-order valence-corrected chi connectivity index (χ0v) is 14.4. The number of hydrogen-bond acceptors (Lipinski definition) is 3. The third-order valence-electron chi connectivity index (χ3n) is 5.99. The number of nitrogens with zero attached hydrogens (tertiary/aromatic N) is 1. The average molecular weight is 327 g/mol. The van der Waals surface area contributed by atoms with E-state index in [1.54, 1.807) is 6.26 Å². The minimum Gasteiger partial charge on any atom is -0.463 e. The number of carbonyl (C=O) groups excluding carboxylic acids is 1. The molecule has 1 amide bonds. The minimum atomic E-state index is -0.395. The molecule has 0 bridgehead atoms. The van der Waals surface area contributed by atoms with Gasteiger partial charge >= 0.3 is 0 Å². The molecule has 2 aromatic rings. The van der Waals surface area contributed by atoms with Gasteiger partial charge in [0.1, 0.15) is 11.8 Å². The summed E-state index contributed by atoms with van der Waals surface area (Å²) in [5.41, 5.74) is 2.24. The molecule has 1 atom stereocenters. The number of hydrogen-bond donors (Lipinski definition) is 1. The van der Waals surface area contributed by atoms with Gasteiger partial charge in [-0.05, 0) is 42.9 Å². The highest BCUT2D eigenvalue weighted by Gasteiger charge is 2.51. The van der Waals surface area contributed by atoms with Crippen molar-refractivity contribution in [2.24, 2.45) is 0 Å². The Bertz CT molecular complexity index is 770. The minimum absolute atomic E-state index is 0.00751. The fourth-order valence-electron chi connectivity index (χ4n) is 4.53. The Balaban J connectivity index is 1.74. The SMILES string of the molecule is CC(C)c1ccc2occ(C(=O)N3CCC(O)C34CCCC4)c2c1. The molecule has 1 saturated heterocycles. The van der Waals surface area contributed by atoms with E-state index in [1.165, 1.54) is 5.56 Å². The van der Waals surface area contributed by atoms with Gasteiger partial charge in [0.05, 0.1) is 17.2 Å². The van der Waals surface area contributed by atoms with Crippen LogP contribution in [-0.4, -0.2) is 34.1 Å². The first-order chi connectivity index (χ1) is 11.5. The van der Waals surface area contributed by atoms with E-state index in [1.807, 2.05) is 11.0 Å². The lowest BCUT2D eigenvalue weighted by atomic mass is 9.90. The zero-order valence-electron chi connectivity index (χ0n) is 14.4. The van der Waals surface area contributed by atoms with Crippen molar-refractivity contribution in [2.75, 3.05) is 6.54 Å². The summed E-state index contributed by atoms with van der Waals surface area (Å²) < 4.78 is 5.63. The summed E-state index contributed by atoms with van der Waals surface area (Å²) in [6.45, 7) is 4.93. The summed E-state index contributed by atoms with van der Waals surface area (Å²) in [5.74, 6) is 0.412. The Morgan fingerprint density at radius 3 is 2.79 bits per heavy atom. The van der Waals surface area contributed by atoms with Gasteiger partial charge in [0.2, 0.25) is 0 Å². The van der Waals surface area contributed by atoms with Crippen molar-refractivity contribution in [2.45, 2.75) is 63.5 Å². The second-order valence-corrected chi connectivity index (χ2v) is 7.63.